The summed E-state index contributed by atoms with van der Waals surface area (Å²) in [7, 11) is 0. The highest BCUT2D eigenvalue weighted by molar-refractivity contribution is 7.22. The Bertz CT molecular complexity index is 1450. The zero-order valence-corrected chi connectivity index (χ0v) is 19.9. The van der Waals surface area contributed by atoms with Crippen molar-refractivity contribution < 1.29 is 18.0 Å². The number of hydrogen-bond donors (Lipinski definition) is 1. The van der Waals surface area contributed by atoms with Gasteiger partial charge < -0.3 is 0 Å². The number of aromatic nitrogens is 1. The maximum absolute atomic E-state index is 13.5. The Morgan fingerprint density at radius 3 is 2.57 bits per heavy atom. The molecule has 0 bridgehead atoms. The van der Waals surface area contributed by atoms with Crippen LogP contribution in [0.4, 0.5) is 24.0 Å². The highest BCUT2D eigenvalue weighted by Crippen LogP contribution is 2.41. The predicted molar refractivity (Wildman–Crippen MR) is 134 cm³/mol. The number of aryl methyl sites for hydroxylation is 1. The van der Waals surface area contributed by atoms with Crippen LogP contribution in [0, 0.1) is 6.92 Å². The number of nitrogens with one attached hydrogen (secondary N) is 1. The van der Waals surface area contributed by atoms with Crippen LogP contribution in [0.15, 0.2) is 71.8 Å². The lowest BCUT2D eigenvalue weighted by atomic mass is 9.99. The molecule has 1 unspecified atom stereocenters. The van der Waals surface area contributed by atoms with Gasteiger partial charge in [0.1, 0.15) is 5.71 Å². The number of carbonyl (C=O) groups is 1. The van der Waals surface area contributed by atoms with E-state index in [4.69, 9.17) is 11.6 Å². The molecule has 1 N–H and O–H groups in total. The Hall–Kier alpha value is -3.43. The zero-order valence-electron chi connectivity index (χ0n) is 18.3. The number of carbonyl (C=O) groups excluding carboxylic acids is 1. The van der Waals surface area contributed by atoms with Gasteiger partial charge in [0.05, 0.1) is 27.0 Å². The molecule has 1 amide bonds. The quantitative estimate of drug-likeness (QED) is 0.309. The predicted octanol–water partition coefficient (Wildman–Crippen LogP) is 7.38. The minimum Gasteiger partial charge on any atom is -0.298 e. The van der Waals surface area contributed by atoms with Gasteiger partial charge >= 0.3 is 6.18 Å². The van der Waals surface area contributed by atoms with E-state index in [0.717, 1.165) is 15.8 Å². The van der Waals surface area contributed by atoms with Gasteiger partial charge in [0.15, 0.2) is 5.13 Å². The monoisotopic (exact) mass is 514 g/mol. The molecule has 0 saturated heterocycles. The number of hydrazone groups is 1. The van der Waals surface area contributed by atoms with Crippen LogP contribution in [0.2, 0.25) is 5.02 Å². The fourth-order valence-electron chi connectivity index (χ4n) is 3.91. The van der Waals surface area contributed by atoms with E-state index in [1.54, 1.807) is 48.5 Å². The summed E-state index contributed by atoms with van der Waals surface area (Å²) < 4.78 is 41.4. The lowest BCUT2D eigenvalue weighted by Crippen LogP contribution is -2.21. The summed E-state index contributed by atoms with van der Waals surface area (Å²) in [6.07, 6.45) is -4.88. The van der Waals surface area contributed by atoms with Crippen molar-refractivity contribution in [3.05, 3.63) is 88.4 Å². The van der Waals surface area contributed by atoms with Gasteiger partial charge in [-0.15, -0.1) is 0 Å². The van der Waals surface area contributed by atoms with Gasteiger partial charge in [0.25, 0.3) is 5.91 Å². The van der Waals surface area contributed by atoms with E-state index in [0.29, 0.717) is 27.0 Å². The first-order valence-electron chi connectivity index (χ1n) is 10.7. The average Bonchev–Trinajstić information content (AvgIpc) is 3.43. The molecule has 0 radical (unpaired) electrons. The van der Waals surface area contributed by atoms with E-state index in [2.05, 4.69) is 15.4 Å². The molecule has 0 saturated carbocycles. The van der Waals surface area contributed by atoms with Crippen molar-refractivity contribution in [1.29, 1.82) is 0 Å². The summed E-state index contributed by atoms with van der Waals surface area (Å²) >= 11 is 7.63. The van der Waals surface area contributed by atoms with Gasteiger partial charge in [-0.3, -0.25) is 15.1 Å². The van der Waals surface area contributed by atoms with E-state index >= 15 is 0 Å². The number of alkyl halides is 3. The summed E-state index contributed by atoms with van der Waals surface area (Å²) in [4.78, 5) is 17.2. The zero-order chi connectivity index (χ0) is 24.7. The first-order chi connectivity index (χ1) is 16.7. The maximum Gasteiger partial charge on any atom is 0.431 e. The fraction of sp³-hybridized carbons (Fsp3) is 0.160. The molecule has 35 heavy (non-hydrogen) atoms. The highest BCUT2D eigenvalue weighted by Gasteiger charge is 2.44. The van der Waals surface area contributed by atoms with Crippen LogP contribution in [0.3, 0.4) is 0 Å². The SMILES string of the molecule is Cc1ccc2nc(NC(=O)c3ccc(C4CC(C(F)(F)F)=NN4c4ccccc4Cl)cc3)sc2c1. The molecule has 0 aliphatic carbocycles. The van der Waals surface area contributed by atoms with Crippen molar-refractivity contribution in [2.24, 2.45) is 5.10 Å². The normalized spacial score (nSPS) is 16.0. The maximum atomic E-state index is 13.5. The van der Waals surface area contributed by atoms with E-state index < -0.39 is 17.9 Å². The summed E-state index contributed by atoms with van der Waals surface area (Å²) in [6, 6.07) is 18.2. The largest absolute Gasteiger partial charge is 0.431 e. The Balaban J connectivity index is 1.38. The topological polar surface area (TPSA) is 57.6 Å². The molecule has 0 spiro atoms. The van der Waals surface area contributed by atoms with Gasteiger partial charge in [0.2, 0.25) is 0 Å². The van der Waals surface area contributed by atoms with E-state index in [1.807, 2.05) is 25.1 Å². The fourth-order valence-corrected chi connectivity index (χ4v) is 5.09. The lowest BCUT2D eigenvalue weighted by Gasteiger charge is -2.25. The molecule has 1 aromatic heterocycles. The molecule has 1 atom stereocenters. The number of anilines is 2. The van der Waals surface area contributed by atoms with E-state index in [1.165, 1.54) is 16.3 Å². The first-order valence-corrected chi connectivity index (χ1v) is 11.9. The first kappa shape index (κ1) is 23.3. The number of hydrogen-bond acceptors (Lipinski definition) is 5. The third kappa shape index (κ3) is 4.74. The van der Waals surface area contributed by atoms with Gasteiger partial charge in [0, 0.05) is 12.0 Å². The van der Waals surface area contributed by atoms with Crippen molar-refractivity contribution in [2.45, 2.75) is 25.6 Å². The van der Waals surface area contributed by atoms with Crippen molar-refractivity contribution in [3.63, 3.8) is 0 Å². The van der Waals surface area contributed by atoms with Crippen LogP contribution in [0.25, 0.3) is 10.2 Å². The summed E-state index contributed by atoms with van der Waals surface area (Å²) in [5.74, 6) is -0.353. The van der Waals surface area contributed by atoms with Crippen LogP contribution in [0.1, 0.15) is 33.9 Å². The van der Waals surface area contributed by atoms with Gasteiger partial charge in [-0.25, -0.2) is 4.98 Å². The van der Waals surface area contributed by atoms with Crippen molar-refractivity contribution in [1.82, 2.24) is 4.98 Å². The average molecular weight is 515 g/mol. The molecule has 2 heterocycles. The molecule has 3 aromatic carbocycles. The van der Waals surface area contributed by atoms with Gasteiger partial charge in [-0.2, -0.15) is 18.3 Å². The number of thiazole rings is 1. The van der Waals surface area contributed by atoms with Crippen LogP contribution >= 0.6 is 22.9 Å². The van der Waals surface area contributed by atoms with E-state index in [-0.39, 0.29) is 12.3 Å². The van der Waals surface area contributed by atoms with Gasteiger partial charge in [-0.1, -0.05) is 53.3 Å². The number of amides is 1. The molecule has 1 aliphatic heterocycles. The molecule has 178 valence electrons. The minimum atomic E-state index is -4.55. The van der Waals surface area contributed by atoms with E-state index in [9.17, 15) is 18.0 Å². The molecular weight excluding hydrogens is 497 g/mol. The number of rotatable bonds is 4. The number of benzene rings is 3. The minimum absolute atomic E-state index is 0.298. The highest BCUT2D eigenvalue weighted by atomic mass is 35.5. The second-order valence-corrected chi connectivity index (χ2v) is 9.56. The number of fused-ring (bicyclic) bond motifs is 1. The third-order valence-corrected chi connectivity index (χ3v) is 6.91. The van der Waals surface area contributed by atoms with Crippen molar-refractivity contribution >= 4 is 55.6 Å². The smallest absolute Gasteiger partial charge is 0.298 e. The molecule has 1 aliphatic rings. The van der Waals surface area contributed by atoms with Crippen LogP contribution in [-0.4, -0.2) is 22.8 Å². The summed E-state index contributed by atoms with van der Waals surface area (Å²) in [5.41, 5.74) is 2.35. The lowest BCUT2D eigenvalue weighted by molar-refractivity contribution is -0.0600. The van der Waals surface area contributed by atoms with Crippen LogP contribution < -0.4 is 10.3 Å². The standard InChI is InChI=1S/C25H18ClF3N4OS/c1-14-6-11-18-21(12-14)35-24(30-18)31-23(34)16-9-7-15(8-10-16)20-13-22(25(27,28)29)32-33(20)19-5-3-2-4-17(19)26/h2-12,20H,13H2,1H3,(H,30,31,34). The van der Waals surface area contributed by atoms with Crippen LogP contribution in [-0.2, 0) is 0 Å². The summed E-state index contributed by atoms with van der Waals surface area (Å²) in [6.45, 7) is 1.99. The second kappa shape index (κ2) is 8.98. The Morgan fingerprint density at radius 2 is 1.86 bits per heavy atom. The molecular formula is C25H18ClF3N4OS. The number of para-hydroxylation sites is 1. The molecule has 0 fully saturated rings. The summed E-state index contributed by atoms with van der Waals surface area (Å²) in [5, 5.41) is 8.71. The van der Waals surface area contributed by atoms with Crippen molar-refractivity contribution in [2.75, 3.05) is 10.3 Å². The van der Waals surface area contributed by atoms with Gasteiger partial charge in [-0.05, 0) is 54.4 Å². The molecule has 5 nitrogen and oxygen atoms in total. The Kier molecular flexibility index (Phi) is 5.98. The Labute approximate surface area is 207 Å². The van der Waals surface area contributed by atoms with Crippen LogP contribution in [0.5, 0.6) is 0 Å². The second-order valence-electron chi connectivity index (χ2n) is 8.13. The molecule has 4 aromatic rings. The number of halogens is 4. The number of nitrogens with zero attached hydrogens (tertiary/aromatic N) is 3. The third-order valence-electron chi connectivity index (χ3n) is 5.66. The van der Waals surface area contributed by atoms with Crippen molar-refractivity contribution in [3.8, 4) is 0 Å². The Morgan fingerprint density at radius 1 is 1.11 bits per heavy atom. The molecule has 5 rings (SSSR count). The molecule has 10 heteroatoms.